The van der Waals surface area contributed by atoms with Crippen LogP contribution in [0.3, 0.4) is 0 Å². The lowest BCUT2D eigenvalue weighted by molar-refractivity contribution is 0.165. The van der Waals surface area contributed by atoms with Gasteiger partial charge in [-0.25, -0.2) is 0 Å². The normalized spacial score (nSPS) is 19.9. The van der Waals surface area contributed by atoms with Crippen molar-refractivity contribution in [3.63, 3.8) is 0 Å². The van der Waals surface area contributed by atoms with Crippen LogP contribution in [0.2, 0.25) is 0 Å². The molecule has 1 rings (SSSR count). The summed E-state index contributed by atoms with van der Waals surface area (Å²) >= 11 is 0. The highest BCUT2D eigenvalue weighted by Crippen LogP contribution is 2.15. The van der Waals surface area contributed by atoms with Crippen molar-refractivity contribution in [2.24, 2.45) is 5.92 Å². The van der Waals surface area contributed by atoms with Crippen LogP contribution in [0.15, 0.2) is 0 Å². The Kier molecular flexibility index (Phi) is 6.32. The van der Waals surface area contributed by atoms with Gasteiger partial charge in [-0.2, -0.15) is 0 Å². The third-order valence-electron chi connectivity index (χ3n) is 3.25. The fraction of sp³-hybridized carbons (Fsp3) is 1.00. The van der Waals surface area contributed by atoms with Crippen LogP contribution >= 0.6 is 0 Å². The predicted octanol–water partition coefficient (Wildman–Crippen LogP) is 1.65. The summed E-state index contributed by atoms with van der Waals surface area (Å²) in [5.41, 5.74) is 0. The third-order valence-corrected chi connectivity index (χ3v) is 3.25. The van der Waals surface area contributed by atoms with Crippen LogP contribution in [0, 0.1) is 5.92 Å². The summed E-state index contributed by atoms with van der Waals surface area (Å²) in [5, 5.41) is 7.04. The van der Waals surface area contributed by atoms with Gasteiger partial charge in [0.05, 0.1) is 0 Å². The van der Waals surface area contributed by atoms with Crippen LogP contribution in [-0.2, 0) is 0 Å². The van der Waals surface area contributed by atoms with Crippen LogP contribution < -0.4 is 10.6 Å². The summed E-state index contributed by atoms with van der Waals surface area (Å²) < 4.78 is 0. The van der Waals surface area contributed by atoms with E-state index in [-0.39, 0.29) is 0 Å². The van der Waals surface area contributed by atoms with Gasteiger partial charge in [0.25, 0.3) is 0 Å². The van der Waals surface area contributed by atoms with Crippen molar-refractivity contribution in [1.82, 2.24) is 15.5 Å². The molecule has 3 nitrogen and oxygen atoms in total. The first kappa shape index (κ1) is 13.9. The molecule has 0 aromatic heterocycles. The number of piperidine rings is 1. The quantitative estimate of drug-likeness (QED) is 0.722. The Balaban J connectivity index is 2.09. The highest BCUT2D eigenvalue weighted by atomic mass is 15.2. The van der Waals surface area contributed by atoms with Crippen molar-refractivity contribution in [1.29, 1.82) is 0 Å². The SMILES string of the molecule is CC(C)NCC1CCN(CNC(C)C)CC1. The Hall–Kier alpha value is -0.120. The lowest BCUT2D eigenvalue weighted by atomic mass is 9.97. The van der Waals surface area contributed by atoms with Crippen molar-refractivity contribution in [3.05, 3.63) is 0 Å². The number of nitrogens with zero attached hydrogens (tertiary/aromatic N) is 1. The van der Waals surface area contributed by atoms with Gasteiger partial charge in [0.2, 0.25) is 0 Å². The van der Waals surface area contributed by atoms with E-state index < -0.39 is 0 Å². The molecule has 3 heteroatoms. The molecule has 0 bridgehead atoms. The van der Waals surface area contributed by atoms with E-state index in [1.807, 2.05) is 0 Å². The van der Waals surface area contributed by atoms with Crippen molar-refractivity contribution >= 4 is 0 Å². The maximum absolute atomic E-state index is 3.55. The molecule has 1 aliphatic heterocycles. The minimum atomic E-state index is 0.598. The van der Waals surface area contributed by atoms with Crippen molar-refractivity contribution in [3.8, 4) is 0 Å². The molecule has 0 saturated carbocycles. The van der Waals surface area contributed by atoms with Crippen molar-refractivity contribution in [2.45, 2.75) is 52.6 Å². The van der Waals surface area contributed by atoms with E-state index in [9.17, 15) is 0 Å². The molecule has 0 radical (unpaired) electrons. The molecule has 2 N–H and O–H groups in total. The summed E-state index contributed by atoms with van der Waals surface area (Å²) in [5.74, 6) is 0.887. The molecule has 0 aliphatic carbocycles. The molecular formula is C13H29N3. The largest absolute Gasteiger partial charge is 0.314 e. The van der Waals surface area contributed by atoms with Crippen molar-refractivity contribution in [2.75, 3.05) is 26.3 Å². The number of hydrogen-bond acceptors (Lipinski definition) is 3. The average Bonchev–Trinajstić information content (AvgIpc) is 2.25. The maximum Gasteiger partial charge on any atom is 0.0482 e. The van der Waals surface area contributed by atoms with Crippen LogP contribution in [-0.4, -0.2) is 43.3 Å². The molecule has 0 unspecified atom stereocenters. The lowest BCUT2D eigenvalue weighted by Gasteiger charge is -2.33. The van der Waals surface area contributed by atoms with Gasteiger partial charge >= 0.3 is 0 Å². The van der Waals surface area contributed by atoms with E-state index in [0.29, 0.717) is 12.1 Å². The molecule has 96 valence electrons. The van der Waals surface area contributed by atoms with Gasteiger partial charge in [0.15, 0.2) is 0 Å². The summed E-state index contributed by atoms with van der Waals surface area (Å²) in [4.78, 5) is 2.53. The molecule has 1 saturated heterocycles. The van der Waals surface area contributed by atoms with Crippen LogP contribution in [0.4, 0.5) is 0 Å². The first-order valence-corrected chi connectivity index (χ1v) is 6.77. The Morgan fingerprint density at radius 2 is 1.56 bits per heavy atom. The Labute approximate surface area is 101 Å². The second kappa shape index (κ2) is 7.25. The smallest absolute Gasteiger partial charge is 0.0482 e. The van der Waals surface area contributed by atoms with Gasteiger partial charge < -0.3 is 10.6 Å². The first-order valence-electron chi connectivity index (χ1n) is 6.77. The summed E-state index contributed by atoms with van der Waals surface area (Å²) in [6.45, 7) is 13.6. The highest BCUT2D eigenvalue weighted by molar-refractivity contribution is 4.74. The fourth-order valence-electron chi connectivity index (χ4n) is 2.06. The maximum atomic E-state index is 3.55. The van der Waals surface area contributed by atoms with E-state index in [4.69, 9.17) is 0 Å². The topological polar surface area (TPSA) is 27.3 Å². The van der Waals surface area contributed by atoms with Crippen LogP contribution in [0.25, 0.3) is 0 Å². The highest BCUT2D eigenvalue weighted by Gasteiger charge is 2.18. The van der Waals surface area contributed by atoms with Gasteiger partial charge in [-0.05, 0) is 52.2 Å². The standard InChI is InChI=1S/C13H29N3/c1-11(2)14-9-13-5-7-16(8-6-13)10-15-12(3)4/h11-15H,5-10H2,1-4H3. The van der Waals surface area contributed by atoms with Gasteiger partial charge in [0.1, 0.15) is 0 Å². The molecular weight excluding hydrogens is 198 g/mol. The molecule has 1 fully saturated rings. The summed E-state index contributed by atoms with van der Waals surface area (Å²) in [7, 11) is 0. The lowest BCUT2D eigenvalue weighted by Crippen LogP contribution is -2.44. The van der Waals surface area contributed by atoms with E-state index in [1.54, 1.807) is 0 Å². The second-order valence-electron chi connectivity index (χ2n) is 5.64. The number of hydrogen-bond donors (Lipinski definition) is 2. The van der Waals surface area contributed by atoms with E-state index in [1.165, 1.54) is 32.5 Å². The Morgan fingerprint density at radius 1 is 1.00 bits per heavy atom. The molecule has 0 atom stereocenters. The number of rotatable bonds is 6. The van der Waals surface area contributed by atoms with Crippen LogP contribution in [0.1, 0.15) is 40.5 Å². The van der Waals surface area contributed by atoms with Gasteiger partial charge in [-0.1, -0.05) is 13.8 Å². The predicted molar refractivity (Wildman–Crippen MR) is 70.6 cm³/mol. The molecule has 1 aliphatic rings. The van der Waals surface area contributed by atoms with E-state index >= 15 is 0 Å². The third kappa shape index (κ3) is 5.83. The Bertz CT molecular complexity index is 152. The molecule has 0 amide bonds. The van der Waals surface area contributed by atoms with Crippen molar-refractivity contribution < 1.29 is 0 Å². The van der Waals surface area contributed by atoms with Crippen LogP contribution in [0.5, 0.6) is 0 Å². The zero-order chi connectivity index (χ0) is 12.0. The molecule has 1 heterocycles. The fourth-order valence-corrected chi connectivity index (χ4v) is 2.06. The second-order valence-corrected chi connectivity index (χ2v) is 5.64. The molecule has 0 spiro atoms. The molecule has 0 aromatic rings. The zero-order valence-corrected chi connectivity index (χ0v) is 11.4. The first-order chi connectivity index (χ1) is 7.58. The van der Waals surface area contributed by atoms with E-state index in [0.717, 1.165) is 12.6 Å². The summed E-state index contributed by atoms with van der Waals surface area (Å²) in [6.07, 6.45) is 2.69. The summed E-state index contributed by atoms with van der Waals surface area (Å²) in [6, 6.07) is 1.22. The molecule has 16 heavy (non-hydrogen) atoms. The van der Waals surface area contributed by atoms with Gasteiger partial charge in [0, 0.05) is 18.8 Å². The van der Waals surface area contributed by atoms with Gasteiger partial charge in [-0.3, -0.25) is 4.90 Å². The minimum absolute atomic E-state index is 0.598. The number of likely N-dealkylation sites (tertiary alicyclic amines) is 1. The zero-order valence-electron chi connectivity index (χ0n) is 11.4. The molecule has 0 aromatic carbocycles. The Morgan fingerprint density at radius 3 is 2.06 bits per heavy atom. The number of nitrogens with one attached hydrogen (secondary N) is 2. The van der Waals surface area contributed by atoms with E-state index in [2.05, 4.69) is 43.2 Å². The monoisotopic (exact) mass is 227 g/mol. The minimum Gasteiger partial charge on any atom is -0.314 e. The average molecular weight is 227 g/mol. The van der Waals surface area contributed by atoms with Gasteiger partial charge in [-0.15, -0.1) is 0 Å².